The number of aliphatic carboxylic acids is 1. The Balaban J connectivity index is 1.67. The second-order valence-electron chi connectivity index (χ2n) is 6.16. The van der Waals surface area contributed by atoms with E-state index >= 15 is 0 Å². The van der Waals surface area contributed by atoms with Gasteiger partial charge in [0.25, 0.3) is 0 Å². The fourth-order valence-electron chi connectivity index (χ4n) is 3.19. The van der Waals surface area contributed by atoms with Crippen molar-refractivity contribution in [1.29, 1.82) is 0 Å². The Hall–Kier alpha value is -2.05. The zero-order valence-electron chi connectivity index (χ0n) is 13.2. The van der Waals surface area contributed by atoms with Gasteiger partial charge in [-0.2, -0.15) is 5.10 Å². The molecule has 2 heterocycles. The topological polar surface area (TPSA) is 78.6 Å². The van der Waals surface area contributed by atoms with Crippen molar-refractivity contribution >= 4 is 17.6 Å². The molecule has 0 radical (unpaired) electrons. The molecule has 2 aromatic rings. The van der Waals surface area contributed by atoms with Gasteiger partial charge in [-0.15, -0.1) is 0 Å². The van der Waals surface area contributed by atoms with E-state index in [0.29, 0.717) is 11.6 Å². The SMILES string of the molecule is O=C(O)Cn1ccc([C@@H]2CCCN(Cc3cccc(O)c3Cl)C2)n1. The second kappa shape index (κ2) is 7.23. The maximum absolute atomic E-state index is 10.8. The van der Waals surface area contributed by atoms with E-state index in [1.54, 1.807) is 18.3 Å². The summed E-state index contributed by atoms with van der Waals surface area (Å²) in [4.78, 5) is 13.1. The Morgan fingerprint density at radius 3 is 3.00 bits per heavy atom. The summed E-state index contributed by atoms with van der Waals surface area (Å²) in [5.41, 5.74) is 1.84. The summed E-state index contributed by atoms with van der Waals surface area (Å²) < 4.78 is 1.46. The van der Waals surface area contributed by atoms with Gasteiger partial charge in [-0.25, -0.2) is 0 Å². The van der Waals surface area contributed by atoms with Gasteiger partial charge in [-0.1, -0.05) is 23.7 Å². The molecule has 0 bridgehead atoms. The summed E-state index contributed by atoms with van der Waals surface area (Å²) in [6.45, 7) is 2.38. The van der Waals surface area contributed by atoms with E-state index in [2.05, 4.69) is 10.00 Å². The maximum atomic E-state index is 10.8. The smallest absolute Gasteiger partial charge is 0.325 e. The van der Waals surface area contributed by atoms with Crippen LogP contribution in [-0.2, 0) is 17.9 Å². The van der Waals surface area contributed by atoms with Crippen LogP contribution in [0.25, 0.3) is 0 Å². The molecule has 1 saturated heterocycles. The lowest BCUT2D eigenvalue weighted by molar-refractivity contribution is -0.137. The third-order valence-corrected chi connectivity index (χ3v) is 4.77. The van der Waals surface area contributed by atoms with E-state index in [9.17, 15) is 9.90 Å². The summed E-state index contributed by atoms with van der Waals surface area (Å²) >= 11 is 6.17. The minimum atomic E-state index is -0.895. The number of hydrogen-bond donors (Lipinski definition) is 2. The number of aromatic nitrogens is 2. The molecule has 6 nitrogen and oxygen atoms in total. The lowest BCUT2D eigenvalue weighted by Crippen LogP contribution is -2.34. The number of carboxylic acids is 1. The molecule has 0 amide bonds. The predicted molar refractivity (Wildman–Crippen MR) is 90.2 cm³/mol. The fourth-order valence-corrected chi connectivity index (χ4v) is 3.38. The number of phenolic OH excluding ortho intramolecular Hbond substituents is 1. The highest BCUT2D eigenvalue weighted by molar-refractivity contribution is 6.32. The molecular formula is C17H20ClN3O3. The van der Waals surface area contributed by atoms with Crippen molar-refractivity contribution in [1.82, 2.24) is 14.7 Å². The third-order valence-electron chi connectivity index (χ3n) is 4.33. The van der Waals surface area contributed by atoms with Crippen LogP contribution in [0.4, 0.5) is 0 Å². The predicted octanol–water partition coefficient (Wildman–Crippen LogP) is 2.71. The van der Waals surface area contributed by atoms with Crippen LogP contribution < -0.4 is 0 Å². The van der Waals surface area contributed by atoms with Crippen molar-refractivity contribution in [2.24, 2.45) is 0 Å². The minimum Gasteiger partial charge on any atom is -0.506 e. The molecule has 0 spiro atoms. The first-order valence-electron chi connectivity index (χ1n) is 7.97. The van der Waals surface area contributed by atoms with Crippen molar-refractivity contribution in [3.63, 3.8) is 0 Å². The summed E-state index contributed by atoms with van der Waals surface area (Å²) in [7, 11) is 0. The van der Waals surface area contributed by atoms with Crippen LogP contribution in [-0.4, -0.2) is 44.0 Å². The number of halogens is 1. The number of benzene rings is 1. The zero-order valence-corrected chi connectivity index (χ0v) is 14.0. The Morgan fingerprint density at radius 1 is 1.38 bits per heavy atom. The first-order valence-corrected chi connectivity index (χ1v) is 8.34. The average molecular weight is 350 g/mol. The fraction of sp³-hybridized carbons (Fsp3) is 0.412. The van der Waals surface area contributed by atoms with Gasteiger partial charge in [0.1, 0.15) is 12.3 Å². The van der Waals surface area contributed by atoms with Crippen molar-refractivity contribution in [3.05, 3.63) is 46.7 Å². The molecule has 0 unspecified atom stereocenters. The van der Waals surface area contributed by atoms with Crippen LogP contribution in [0.5, 0.6) is 5.75 Å². The first kappa shape index (κ1) is 16.8. The molecular weight excluding hydrogens is 330 g/mol. The molecule has 1 aliphatic rings. The van der Waals surface area contributed by atoms with Crippen molar-refractivity contribution in [2.75, 3.05) is 13.1 Å². The van der Waals surface area contributed by atoms with E-state index < -0.39 is 5.97 Å². The lowest BCUT2D eigenvalue weighted by atomic mass is 9.94. The molecule has 1 aliphatic heterocycles. The van der Waals surface area contributed by atoms with E-state index in [1.807, 2.05) is 12.1 Å². The molecule has 7 heteroatoms. The molecule has 1 aromatic carbocycles. The number of likely N-dealkylation sites (tertiary alicyclic amines) is 1. The summed E-state index contributed by atoms with van der Waals surface area (Å²) in [5.74, 6) is -0.506. The van der Waals surface area contributed by atoms with Crippen LogP contribution in [0.2, 0.25) is 5.02 Å². The molecule has 0 saturated carbocycles. The molecule has 0 aliphatic carbocycles. The molecule has 1 atom stereocenters. The van der Waals surface area contributed by atoms with Gasteiger partial charge >= 0.3 is 5.97 Å². The first-order chi connectivity index (χ1) is 11.5. The standard InChI is InChI=1S/C17H20ClN3O3/c18-17-13(3-1-5-15(17)22)10-20-7-2-4-12(9-20)14-6-8-21(19-14)11-16(23)24/h1,3,5-6,8,12,22H,2,4,7,9-11H2,(H,23,24)/t12-/m1/s1. The molecule has 1 fully saturated rings. The number of carboxylic acid groups (broad SMARTS) is 1. The van der Waals surface area contributed by atoms with E-state index in [1.165, 1.54) is 4.68 Å². The lowest BCUT2D eigenvalue weighted by Gasteiger charge is -2.32. The van der Waals surface area contributed by atoms with Crippen LogP contribution in [0.15, 0.2) is 30.5 Å². The Bertz CT molecular complexity index is 732. The number of piperidine rings is 1. The highest BCUT2D eigenvalue weighted by Gasteiger charge is 2.24. The zero-order chi connectivity index (χ0) is 17.1. The van der Waals surface area contributed by atoms with Crippen LogP contribution in [0.3, 0.4) is 0 Å². The van der Waals surface area contributed by atoms with Gasteiger partial charge in [0, 0.05) is 25.2 Å². The molecule has 128 valence electrons. The Kier molecular flexibility index (Phi) is 5.06. The number of hydrogen-bond acceptors (Lipinski definition) is 4. The molecule has 3 rings (SSSR count). The van der Waals surface area contributed by atoms with Crippen LogP contribution in [0.1, 0.15) is 30.0 Å². The van der Waals surface area contributed by atoms with Gasteiger partial charge < -0.3 is 10.2 Å². The van der Waals surface area contributed by atoms with E-state index in [0.717, 1.165) is 37.2 Å². The highest BCUT2D eigenvalue weighted by atomic mass is 35.5. The Morgan fingerprint density at radius 2 is 2.21 bits per heavy atom. The monoisotopic (exact) mass is 349 g/mol. The quantitative estimate of drug-likeness (QED) is 0.867. The third kappa shape index (κ3) is 3.88. The van der Waals surface area contributed by atoms with Crippen molar-refractivity contribution in [2.45, 2.75) is 31.8 Å². The van der Waals surface area contributed by atoms with E-state index in [-0.39, 0.29) is 18.2 Å². The molecule has 24 heavy (non-hydrogen) atoms. The van der Waals surface area contributed by atoms with E-state index in [4.69, 9.17) is 16.7 Å². The van der Waals surface area contributed by atoms with Gasteiger partial charge in [-0.3, -0.25) is 14.4 Å². The number of carbonyl (C=O) groups is 1. The van der Waals surface area contributed by atoms with Crippen molar-refractivity contribution in [3.8, 4) is 5.75 Å². The summed E-state index contributed by atoms with van der Waals surface area (Å²) in [6, 6.07) is 7.21. The highest BCUT2D eigenvalue weighted by Crippen LogP contribution is 2.30. The molecule has 1 aromatic heterocycles. The Labute approximate surface area is 145 Å². The maximum Gasteiger partial charge on any atom is 0.325 e. The van der Waals surface area contributed by atoms with Gasteiger partial charge in [-0.05, 0) is 37.1 Å². The number of aromatic hydroxyl groups is 1. The number of phenols is 1. The number of nitrogens with zero attached hydrogens (tertiary/aromatic N) is 3. The van der Waals surface area contributed by atoms with Gasteiger partial charge in [0.2, 0.25) is 0 Å². The summed E-state index contributed by atoms with van der Waals surface area (Å²) in [6.07, 6.45) is 3.80. The van der Waals surface area contributed by atoms with Gasteiger partial charge in [0.15, 0.2) is 0 Å². The number of rotatable bonds is 5. The van der Waals surface area contributed by atoms with Crippen LogP contribution >= 0.6 is 11.6 Å². The second-order valence-corrected chi connectivity index (χ2v) is 6.53. The largest absolute Gasteiger partial charge is 0.506 e. The average Bonchev–Trinajstić information content (AvgIpc) is 3.00. The normalized spacial score (nSPS) is 18.6. The van der Waals surface area contributed by atoms with Crippen LogP contribution in [0, 0.1) is 0 Å². The molecule has 2 N–H and O–H groups in total. The van der Waals surface area contributed by atoms with Crippen molar-refractivity contribution < 1.29 is 15.0 Å². The minimum absolute atomic E-state index is 0.107. The summed E-state index contributed by atoms with van der Waals surface area (Å²) in [5, 5.41) is 23.4. The van der Waals surface area contributed by atoms with Gasteiger partial charge in [0.05, 0.1) is 10.7 Å².